The molecule has 4 N–H and O–H groups in total. The van der Waals surface area contributed by atoms with Gasteiger partial charge >= 0.3 is 6.03 Å². The van der Waals surface area contributed by atoms with Gasteiger partial charge in [-0.25, -0.2) is 4.79 Å². The Kier molecular flexibility index (Phi) is 7.56. The summed E-state index contributed by atoms with van der Waals surface area (Å²) in [5.41, 5.74) is 3.92. The van der Waals surface area contributed by atoms with E-state index in [1.165, 1.54) is 0 Å². The van der Waals surface area contributed by atoms with Crippen molar-refractivity contribution in [2.45, 2.75) is 27.2 Å². The lowest BCUT2D eigenvalue weighted by atomic mass is 10.1. The number of amides is 4. The summed E-state index contributed by atoms with van der Waals surface area (Å²) in [7, 11) is 0. The van der Waals surface area contributed by atoms with Crippen LogP contribution in [0.1, 0.15) is 34.8 Å². The average Bonchev–Trinajstić information content (AvgIpc) is 2.69. The Bertz CT molecular complexity index is 847. The van der Waals surface area contributed by atoms with Gasteiger partial charge in [0.15, 0.2) is 0 Å². The zero-order valence-electron chi connectivity index (χ0n) is 16.4. The van der Waals surface area contributed by atoms with Crippen molar-refractivity contribution in [3.8, 4) is 0 Å². The Hall–Kier alpha value is -3.35. The first-order chi connectivity index (χ1) is 13.4. The van der Waals surface area contributed by atoms with Crippen molar-refractivity contribution in [2.24, 2.45) is 0 Å². The van der Waals surface area contributed by atoms with Crippen molar-refractivity contribution >= 4 is 29.2 Å². The van der Waals surface area contributed by atoms with Crippen LogP contribution in [-0.4, -0.2) is 30.9 Å². The molecule has 0 heterocycles. The van der Waals surface area contributed by atoms with Crippen LogP contribution in [0.2, 0.25) is 0 Å². The molecule has 0 spiro atoms. The molecule has 0 aromatic heterocycles. The molecule has 0 atom stereocenters. The average molecular weight is 382 g/mol. The van der Waals surface area contributed by atoms with E-state index in [4.69, 9.17) is 0 Å². The SMILES string of the molecule is CCC(=O)NCCNC(=O)c1ccc(NC(=O)Nc2cccc(C)c2C)cc1. The van der Waals surface area contributed by atoms with Gasteiger partial charge in [0.05, 0.1) is 0 Å². The van der Waals surface area contributed by atoms with Gasteiger partial charge in [0, 0.05) is 36.4 Å². The summed E-state index contributed by atoms with van der Waals surface area (Å²) in [6, 6.07) is 12.0. The Morgan fingerprint density at radius 2 is 1.54 bits per heavy atom. The van der Waals surface area contributed by atoms with Crippen molar-refractivity contribution in [1.29, 1.82) is 0 Å². The second-order valence-corrected chi connectivity index (χ2v) is 6.36. The second-order valence-electron chi connectivity index (χ2n) is 6.36. The molecule has 2 aromatic rings. The molecule has 0 saturated heterocycles. The van der Waals surface area contributed by atoms with Gasteiger partial charge in [0.2, 0.25) is 5.91 Å². The summed E-state index contributed by atoms with van der Waals surface area (Å²) < 4.78 is 0. The molecule has 0 unspecified atom stereocenters. The first-order valence-corrected chi connectivity index (χ1v) is 9.20. The predicted octanol–water partition coefficient (Wildman–Crippen LogP) is 3.20. The molecular weight excluding hydrogens is 356 g/mol. The third-order valence-corrected chi connectivity index (χ3v) is 4.31. The maximum absolute atomic E-state index is 12.2. The summed E-state index contributed by atoms with van der Waals surface area (Å²) in [6.45, 7) is 6.44. The smallest absolute Gasteiger partial charge is 0.323 e. The van der Waals surface area contributed by atoms with E-state index in [0.29, 0.717) is 30.8 Å². The molecule has 0 aliphatic heterocycles. The largest absolute Gasteiger partial charge is 0.354 e. The third-order valence-electron chi connectivity index (χ3n) is 4.31. The van der Waals surface area contributed by atoms with Crippen LogP contribution in [0.5, 0.6) is 0 Å². The van der Waals surface area contributed by atoms with Crippen molar-refractivity contribution in [3.05, 3.63) is 59.2 Å². The van der Waals surface area contributed by atoms with Crippen molar-refractivity contribution in [3.63, 3.8) is 0 Å². The minimum absolute atomic E-state index is 0.0520. The first-order valence-electron chi connectivity index (χ1n) is 9.20. The molecule has 2 rings (SSSR count). The van der Waals surface area contributed by atoms with Crippen LogP contribution in [0.3, 0.4) is 0 Å². The van der Waals surface area contributed by atoms with Crippen LogP contribution < -0.4 is 21.3 Å². The maximum Gasteiger partial charge on any atom is 0.323 e. The number of carbonyl (C=O) groups is 3. The predicted molar refractivity (Wildman–Crippen MR) is 111 cm³/mol. The van der Waals surface area contributed by atoms with Gasteiger partial charge in [-0.2, -0.15) is 0 Å². The molecule has 7 heteroatoms. The third kappa shape index (κ3) is 6.12. The normalized spacial score (nSPS) is 10.1. The fraction of sp³-hybridized carbons (Fsp3) is 0.286. The van der Waals surface area contributed by atoms with Crippen LogP contribution in [0.25, 0.3) is 0 Å². The highest BCUT2D eigenvalue weighted by Gasteiger charge is 2.08. The number of nitrogens with one attached hydrogen (secondary N) is 4. The first kappa shape index (κ1) is 21.0. The standard InChI is InChI=1S/C21H26N4O3/c1-4-19(26)22-12-13-23-20(27)16-8-10-17(11-9-16)24-21(28)25-18-7-5-6-14(2)15(18)3/h5-11H,4,12-13H2,1-3H3,(H,22,26)(H,23,27)(H2,24,25,28). The molecule has 0 fully saturated rings. The lowest BCUT2D eigenvalue weighted by Gasteiger charge is -2.12. The monoisotopic (exact) mass is 382 g/mol. The molecule has 0 aliphatic rings. The van der Waals surface area contributed by atoms with E-state index in [9.17, 15) is 14.4 Å². The summed E-state index contributed by atoms with van der Waals surface area (Å²) >= 11 is 0. The van der Waals surface area contributed by atoms with Crippen LogP contribution in [-0.2, 0) is 4.79 Å². The van der Waals surface area contributed by atoms with Crippen molar-refractivity contribution in [2.75, 3.05) is 23.7 Å². The number of hydrogen-bond donors (Lipinski definition) is 4. The number of carbonyl (C=O) groups excluding carboxylic acids is 3. The number of aryl methyl sites for hydroxylation is 1. The fourth-order valence-electron chi connectivity index (χ4n) is 2.48. The lowest BCUT2D eigenvalue weighted by Crippen LogP contribution is -2.34. The molecule has 0 radical (unpaired) electrons. The number of urea groups is 1. The summed E-state index contributed by atoms with van der Waals surface area (Å²) in [5.74, 6) is -0.291. The van der Waals surface area contributed by atoms with E-state index in [0.717, 1.165) is 16.8 Å². The quantitative estimate of drug-likeness (QED) is 0.553. The minimum atomic E-state index is -0.349. The van der Waals surface area contributed by atoms with E-state index in [2.05, 4.69) is 21.3 Å². The molecular formula is C21H26N4O3. The van der Waals surface area contributed by atoms with E-state index in [1.807, 2.05) is 32.0 Å². The molecule has 0 saturated carbocycles. The zero-order chi connectivity index (χ0) is 20.5. The van der Waals surface area contributed by atoms with Gasteiger partial charge < -0.3 is 21.3 Å². The van der Waals surface area contributed by atoms with Gasteiger partial charge in [0.25, 0.3) is 5.91 Å². The van der Waals surface area contributed by atoms with Crippen LogP contribution >= 0.6 is 0 Å². The van der Waals surface area contributed by atoms with Crippen LogP contribution in [0.4, 0.5) is 16.2 Å². The molecule has 2 aromatic carbocycles. The Morgan fingerprint density at radius 3 is 2.21 bits per heavy atom. The molecule has 7 nitrogen and oxygen atoms in total. The van der Waals surface area contributed by atoms with E-state index in [-0.39, 0.29) is 17.8 Å². The lowest BCUT2D eigenvalue weighted by molar-refractivity contribution is -0.120. The van der Waals surface area contributed by atoms with Gasteiger partial charge in [-0.15, -0.1) is 0 Å². The van der Waals surface area contributed by atoms with Crippen LogP contribution in [0.15, 0.2) is 42.5 Å². The number of hydrogen-bond acceptors (Lipinski definition) is 3. The molecule has 0 aliphatic carbocycles. The Labute approximate surface area is 164 Å². The maximum atomic E-state index is 12.2. The van der Waals surface area contributed by atoms with Crippen molar-refractivity contribution < 1.29 is 14.4 Å². The second kappa shape index (κ2) is 10.1. The molecule has 0 bridgehead atoms. The summed E-state index contributed by atoms with van der Waals surface area (Å²) in [5, 5.41) is 11.0. The highest BCUT2D eigenvalue weighted by molar-refractivity contribution is 6.01. The molecule has 28 heavy (non-hydrogen) atoms. The highest BCUT2D eigenvalue weighted by atomic mass is 16.2. The van der Waals surface area contributed by atoms with Gasteiger partial charge in [-0.1, -0.05) is 19.1 Å². The molecule has 148 valence electrons. The van der Waals surface area contributed by atoms with E-state index in [1.54, 1.807) is 31.2 Å². The zero-order valence-corrected chi connectivity index (χ0v) is 16.4. The number of anilines is 2. The summed E-state index contributed by atoms with van der Waals surface area (Å²) in [4.78, 5) is 35.4. The van der Waals surface area contributed by atoms with E-state index >= 15 is 0 Å². The van der Waals surface area contributed by atoms with E-state index < -0.39 is 0 Å². The number of benzene rings is 2. The Balaban J connectivity index is 1.84. The topological polar surface area (TPSA) is 99.3 Å². The molecule has 4 amide bonds. The van der Waals surface area contributed by atoms with Gasteiger partial charge in [-0.05, 0) is 55.3 Å². The Morgan fingerprint density at radius 1 is 0.857 bits per heavy atom. The minimum Gasteiger partial charge on any atom is -0.354 e. The summed E-state index contributed by atoms with van der Waals surface area (Å²) in [6.07, 6.45) is 0.416. The van der Waals surface area contributed by atoms with Gasteiger partial charge in [-0.3, -0.25) is 9.59 Å². The fourth-order valence-corrected chi connectivity index (χ4v) is 2.48. The van der Waals surface area contributed by atoms with Crippen molar-refractivity contribution in [1.82, 2.24) is 10.6 Å². The van der Waals surface area contributed by atoms with Crippen LogP contribution in [0, 0.1) is 13.8 Å². The number of rotatable bonds is 7. The van der Waals surface area contributed by atoms with Gasteiger partial charge in [0.1, 0.15) is 0 Å². The highest BCUT2D eigenvalue weighted by Crippen LogP contribution is 2.18.